The SMILES string of the molecule is CCCCCC(CC)CCOC(O)C(C)O. The van der Waals surface area contributed by atoms with Gasteiger partial charge in [-0.3, -0.25) is 0 Å². The van der Waals surface area contributed by atoms with Crippen molar-refractivity contribution < 1.29 is 14.9 Å². The first-order chi connectivity index (χ1) is 7.61. The fourth-order valence-corrected chi connectivity index (χ4v) is 1.73. The second-order valence-corrected chi connectivity index (χ2v) is 4.56. The van der Waals surface area contributed by atoms with Crippen molar-refractivity contribution in [3.8, 4) is 0 Å². The maximum atomic E-state index is 9.25. The first-order valence-electron chi connectivity index (χ1n) is 6.59. The number of hydrogen-bond donors (Lipinski definition) is 2. The average Bonchev–Trinajstić information content (AvgIpc) is 2.26. The van der Waals surface area contributed by atoms with Gasteiger partial charge in [0.15, 0.2) is 6.29 Å². The predicted octanol–water partition coefficient (Wildman–Crippen LogP) is 2.70. The normalized spacial score (nSPS) is 17.1. The van der Waals surface area contributed by atoms with Crippen LogP contribution in [0.4, 0.5) is 0 Å². The van der Waals surface area contributed by atoms with Gasteiger partial charge in [0.05, 0.1) is 6.61 Å². The van der Waals surface area contributed by atoms with Crippen LogP contribution in [0.2, 0.25) is 0 Å². The number of aliphatic hydroxyl groups excluding tert-OH is 2. The lowest BCUT2D eigenvalue weighted by atomic mass is 9.96. The molecule has 0 aliphatic rings. The summed E-state index contributed by atoms with van der Waals surface area (Å²) in [6.07, 6.45) is 5.39. The van der Waals surface area contributed by atoms with Gasteiger partial charge in [0.1, 0.15) is 6.10 Å². The summed E-state index contributed by atoms with van der Waals surface area (Å²) in [5.74, 6) is 0.688. The highest BCUT2D eigenvalue weighted by molar-refractivity contribution is 4.58. The molecule has 2 N–H and O–H groups in total. The molecule has 0 heterocycles. The molecule has 3 atom stereocenters. The Morgan fingerprint density at radius 1 is 1.06 bits per heavy atom. The smallest absolute Gasteiger partial charge is 0.180 e. The zero-order valence-electron chi connectivity index (χ0n) is 11.0. The molecular formula is C13H28O3. The maximum Gasteiger partial charge on any atom is 0.180 e. The zero-order valence-corrected chi connectivity index (χ0v) is 11.0. The van der Waals surface area contributed by atoms with Crippen LogP contribution in [0.1, 0.15) is 59.3 Å². The monoisotopic (exact) mass is 232 g/mol. The number of rotatable bonds is 10. The third kappa shape index (κ3) is 8.08. The lowest BCUT2D eigenvalue weighted by Gasteiger charge is -2.18. The Hall–Kier alpha value is -0.120. The summed E-state index contributed by atoms with van der Waals surface area (Å²) in [5.41, 5.74) is 0. The van der Waals surface area contributed by atoms with Crippen molar-refractivity contribution >= 4 is 0 Å². The van der Waals surface area contributed by atoms with Gasteiger partial charge in [-0.05, 0) is 19.3 Å². The molecule has 16 heavy (non-hydrogen) atoms. The van der Waals surface area contributed by atoms with Crippen LogP contribution >= 0.6 is 0 Å². The summed E-state index contributed by atoms with van der Waals surface area (Å²) in [6.45, 7) is 6.48. The third-order valence-electron chi connectivity index (χ3n) is 3.02. The molecular weight excluding hydrogens is 204 g/mol. The van der Waals surface area contributed by atoms with Crippen molar-refractivity contribution in [2.75, 3.05) is 6.61 Å². The van der Waals surface area contributed by atoms with Crippen LogP contribution in [0.3, 0.4) is 0 Å². The number of ether oxygens (including phenoxy) is 1. The van der Waals surface area contributed by atoms with Gasteiger partial charge < -0.3 is 14.9 Å². The van der Waals surface area contributed by atoms with E-state index in [0.29, 0.717) is 12.5 Å². The van der Waals surface area contributed by atoms with Crippen LogP contribution in [0.15, 0.2) is 0 Å². The van der Waals surface area contributed by atoms with Crippen molar-refractivity contribution in [2.24, 2.45) is 5.92 Å². The first kappa shape index (κ1) is 15.9. The van der Waals surface area contributed by atoms with Crippen LogP contribution < -0.4 is 0 Å². The van der Waals surface area contributed by atoms with Gasteiger partial charge in [-0.1, -0.05) is 46.0 Å². The molecule has 0 saturated heterocycles. The summed E-state index contributed by atoms with van der Waals surface area (Å²) in [7, 11) is 0. The largest absolute Gasteiger partial charge is 0.388 e. The van der Waals surface area contributed by atoms with Crippen LogP contribution in [-0.4, -0.2) is 29.2 Å². The second-order valence-electron chi connectivity index (χ2n) is 4.56. The molecule has 0 aromatic carbocycles. The molecule has 0 spiro atoms. The molecule has 0 aromatic rings. The Morgan fingerprint density at radius 2 is 1.75 bits per heavy atom. The molecule has 0 radical (unpaired) electrons. The first-order valence-corrected chi connectivity index (χ1v) is 6.59. The van der Waals surface area contributed by atoms with Crippen molar-refractivity contribution in [1.82, 2.24) is 0 Å². The standard InChI is InChI=1S/C13H28O3/c1-4-6-7-8-12(5-2)9-10-16-13(15)11(3)14/h11-15H,4-10H2,1-3H3. The maximum absolute atomic E-state index is 9.25. The van der Waals surface area contributed by atoms with Gasteiger partial charge in [0.25, 0.3) is 0 Å². The molecule has 0 fully saturated rings. The highest BCUT2D eigenvalue weighted by Gasteiger charge is 2.12. The zero-order chi connectivity index (χ0) is 12.4. The fraction of sp³-hybridized carbons (Fsp3) is 1.00. The second kappa shape index (κ2) is 10.1. The average molecular weight is 232 g/mol. The Balaban J connectivity index is 3.54. The van der Waals surface area contributed by atoms with Gasteiger partial charge >= 0.3 is 0 Å². The Labute approximate surface area is 99.8 Å². The van der Waals surface area contributed by atoms with Gasteiger partial charge in [-0.2, -0.15) is 0 Å². The quantitative estimate of drug-likeness (QED) is 0.450. The molecule has 0 amide bonds. The van der Waals surface area contributed by atoms with E-state index in [4.69, 9.17) is 9.84 Å². The minimum absolute atomic E-state index is 0.538. The van der Waals surface area contributed by atoms with Crippen LogP contribution in [0.5, 0.6) is 0 Å². The van der Waals surface area contributed by atoms with Crippen LogP contribution in [-0.2, 0) is 4.74 Å². The van der Waals surface area contributed by atoms with Crippen molar-refractivity contribution in [3.63, 3.8) is 0 Å². The Kier molecular flexibility index (Phi) is 9.99. The van der Waals surface area contributed by atoms with E-state index in [2.05, 4.69) is 13.8 Å². The summed E-state index contributed by atoms with van der Waals surface area (Å²) < 4.78 is 5.15. The molecule has 0 aliphatic carbocycles. The molecule has 0 bridgehead atoms. The lowest BCUT2D eigenvalue weighted by molar-refractivity contribution is -0.157. The van der Waals surface area contributed by atoms with E-state index < -0.39 is 12.4 Å². The molecule has 0 aliphatic heterocycles. The lowest BCUT2D eigenvalue weighted by Crippen LogP contribution is -2.26. The molecule has 98 valence electrons. The molecule has 3 unspecified atom stereocenters. The summed E-state index contributed by atoms with van der Waals surface area (Å²) in [5, 5.41) is 18.3. The summed E-state index contributed by atoms with van der Waals surface area (Å²) >= 11 is 0. The summed E-state index contributed by atoms with van der Waals surface area (Å²) in [4.78, 5) is 0. The van der Waals surface area contributed by atoms with E-state index in [-0.39, 0.29) is 0 Å². The minimum Gasteiger partial charge on any atom is -0.388 e. The van der Waals surface area contributed by atoms with Crippen molar-refractivity contribution in [3.05, 3.63) is 0 Å². The number of unbranched alkanes of at least 4 members (excludes halogenated alkanes) is 2. The molecule has 3 heteroatoms. The van der Waals surface area contributed by atoms with Gasteiger partial charge in [0.2, 0.25) is 0 Å². The van der Waals surface area contributed by atoms with Crippen LogP contribution in [0.25, 0.3) is 0 Å². The molecule has 0 rings (SSSR count). The topological polar surface area (TPSA) is 49.7 Å². The van der Waals surface area contributed by atoms with Gasteiger partial charge in [-0.15, -0.1) is 0 Å². The third-order valence-corrected chi connectivity index (χ3v) is 3.02. The summed E-state index contributed by atoms with van der Waals surface area (Å²) in [6, 6.07) is 0. The van der Waals surface area contributed by atoms with E-state index in [9.17, 15) is 5.11 Å². The van der Waals surface area contributed by atoms with Crippen molar-refractivity contribution in [2.45, 2.75) is 71.7 Å². The highest BCUT2D eigenvalue weighted by atomic mass is 16.6. The Morgan fingerprint density at radius 3 is 2.25 bits per heavy atom. The van der Waals surface area contributed by atoms with E-state index in [0.717, 1.165) is 12.8 Å². The van der Waals surface area contributed by atoms with Gasteiger partial charge in [-0.25, -0.2) is 0 Å². The molecule has 0 aromatic heterocycles. The van der Waals surface area contributed by atoms with E-state index >= 15 is 0 Å². The molecule has 3 nitrogen and oxygen atoms in total. The Bertz CT molecular complexity index is 148. The number of hydrogen-bond acceptors (Lipinski definition) is 3. The minimum atomic E-state index is -1.03. The van der Waals surface area contributed by atoms with E-state index in [1.54, 1.807) is 0 Å². The predicted molar refractivity (Wildman–Crippen MR) is 66.2 cm³/mol. The van der Waals surface area contributed by atoms with Gasteiger partial charge in [0, 0.05) is 0 Å². The fourth-order valence-electron chi connectivity index (χ4n) is 1.73. The molecule has 0 saturated carbocycles. The number of aliphatic hydroxyl groups is 2. The van der Waals surface area contributed by atoms with Crippen molar-refractivity contribution in [1.29, 1.82) is 0 Å². The van der Waals surface area contributed by atoms with E-state index in [1.165, 1.54) is 32.6 Å². The van der Waals surface area contributed by atoms with Crippen LogP contribution in [0, 0.1) is 5.92 Å². The van der Waals surface area contributed by atoms with E-state index in [1.807, 2.05) is 0 Å². The highest BCUT2D eigenvalue weighted by Crippen LogP contribution is 2.17.